The molecule has 0 bridgehead atoms. The molecule has 1 unspecified atom stereocenters. The van der Waals surface area contributed by atoms with Crippen LogP contribution in [0, 0.1) is 0 Å². The maximum absolute atomic E-state index is 7.59. The van der Waals surface area contributed by atoms with E-state index in [1.165, 1.54) is 0 Å². The Morgan fingerprint density at radius 1 is 0.542 bits per heavy atom. The Bertz CT molecular complexity index is 836. The minimum absolute atomic E-state index is 0.472. The zero-order chi connectivity index (χ0) is 17.7. The number of halogens is 1. The van der Waals surface area contributed by atoms with Crippen LogP contribution in [0.25, 0.3) is 0 Å². The molecule has 0 saturated carbocycles. The van der Waals surface area contributed by atoms with Gasteiger partial charge in [-0.2, -0.15) is 0 Å². The molecule has 0 aliphatic carbocycles. The van der Waals surface area contributed by atoms with Crippen LogP contribution in [0.5, 0.6) is 0 Å². The van der Waals surface area contributed by atoms with E-state index in [1.807, 2.05) is 54.6 Å². The fourth-order valence-corrected chi connectivity index (χ4v) is 16.0. The van der Waals surface area contributed by atoms with Gasteiger partial charge >= 0.3 is 143 Å². The molecule has 0 aliphatic heterocycles. The van der Waals surface area contributed by atoms with E-state index < -0.39 is 9.32 Å². The first-order valence-corrected chi connectivity index (χ1v) is 18.5. The normalized spacial score (nSPS) is 18.5. The van der Waals surface area contributed by atoms with E-state index in [9.17, 15) is 0 Å². The van der Waals surface area contributed by atoms with Crippen molar-refractivity contribution in [3.63, 3.8) is 0 Å². The van der Waals surface area contributed by atoms with Gasteiger partial charge in [0.15, 0.2) is 0 Å². The molecular formula is C18H23ClN3PRu. The molecule has 1 atom stereocenters. The van der Waals surface area contributed by atoms with Gasteiger partial charge in [0.1, 0.15) is 0 Å². The van der Waals surface area contributed by atoms with Gasteiger partial charge in [-0.1, -0.05) is 0 Å². The molecular weight excluding hydrogens is 426 g/mol. The van der Waals surface area contributed by atoms with Crippen molar-refractivity contribution in [2.24, 2.45) is 13.4 Å². The monoisotopic (exact) mass is 449 g/mol. The fourth-order valence-electron chi connectivity index (χ4n) is 2.89. The predicted octanol–water partition coefficient (Wildman–Crippen LogP) is 1.82. The quantitative estimate of drug-likeness (QED) is 0.422. The van der Waals surface area contributed by atoms with Crippen molar-refractivity contribution < 1.29 is 9.32 Å². The number of nitrogens with two attached hydrogens (primary N) is 3. The van der Waals surface area contributed by atoms with Crippen molar-refractivity contribution >= 4 is 29.7 Å². The number of hydrogen-bond acceptors (Lipinski definition) is 3. The molecule has 0 heterocycles. The van der Waals surface area contributed by atoms with Crippen LogP contribution in [0.4, 0.5) is 0 Å². The van der Waals surface area contributed by atoms with Gasteiger partial charge in [-0.15, -0.1) is 0 Å². The van der Waals surface area contributed by atoms with E-state index in [0.29, 0.717) is 12.5 Å². The fraction of sp³-hybridized carbons (Fsp3) is 0. The van der Waals surface area contributed by atoms with Crippen LogP contribution in [-0.4, -0.2) is 0 Å². The Hall–Kier alpha value is -1.12. The summed E-state index contributed by atoms with van der Waals surface area (Å²) in [5.41, 5.74) is 0. The van der Waals surface area contributed by atoms with Crippen LogP contribution in [0.3, 0.4) is 0 Å². The SMILES string of the molecule is [NH2][Ru]([NH2])([NH2])([PH2])([Cl])([c]1ccccc1)([c]1ccccc1)[c]1ccccc1. The molecule has 3 aromatic carbocycles. The van der Waals surface area contributed by atoms with E-state index in [1.54, 1.807) is 36.4 Å². The summed E-state index contributed by atoms with van der Waals surface area (Å²) in [6, 6.07) is 27.3. The van der Waals surface area contributed by atoms with Crippen molar-refractivity contribution in [1.82, 2.24) is 0 Å². The first-order chi connectivity index (χ1) is 10.8. The van der Waals surface area contributed by atoms with Gasteiger partial charge in [0.2, 0.25) is 0 Å². The Morgan fingerprint density at radius 2 is 0.750 bits per heavy atom. The van der Waals surface area contributed by atoms with E-state index in [2.05, 4.69) is 7.57 Å². The second-order valence-corrected chi connectivity index (χ2v) is 39.4. The third kappa shape index (κ3) is 1.96. The van der Waals surface area contributed by atoms with Crippen LogP contribution in [0.2, 0.25) is 0 Å². The van der Waals surface area contributed by atoms with Gasteiger partial charge in [0, 0.05) is 0 Å². The Morgan fingerprint density at radius 3 is 0.958 bits per heavy atom. The third-order valence-corrected chi connectivity index (χ3v) is 24.2. The standard InChI is InChI=1S/3C6H5.ClH.3H2N.H2P.Ru/c3*1-2-4-6-5-3-1;;;;;;/h3*1-5H;1H;4*1H2;/q;;;;4*-1;+5/p-1. The van der Waals surface area contributed by atoms with Gasteiger partial charge in [0.05, 0.1) is 0 Å². The molecule has 24 heavy (non-hydrogen) atoms. The molecule has 3 aromatic rings. The van der Waals surface area contributed by atoms with Crippen LogP contribution in [-0.2, 0) is 9.32 Å². The number of hydrogen-bond donors (Lipinski definition) is 3. The van der Waals surface area contributed by atoms with Crippen molar-refractivity contribution in [2.75, 3.05) is 0 Å². The van der Waals surface area contributed by atoms with Crippen LogP contribution < -0.4 is 25.9 Å². The maximum atomic E-state index is 7.59. The van der Waals surface area contributed by atoms with E-state index in [4.69, 9.17) is 23.1 Å². The summed E-state index contributed by atoms with van der Waals surface area (Å²) < 4.78 is 23.2. The van der Waals surface area contributed by atoms with Crippen molar-refractivity contribution in [1.29, 1.82) is 0 Å². The van der Waals surface area contributed by atoms with Gasteiger partial charge in [-0.25, -0.2) is 0 Å². The van der Waals surface area contributed by atoms with Gasteiger partial charge in [0.25, 0.3) is 0 Å². The molecule has 3 nitrogen and oxygen atoms in total. The first kappa shape index (κ1) is 17.7. The van der Waals surface area contributed by atoms with Crippen LogP contribution >= 0.6 is 17.3 Å². The molecule has 0 spiro atoms. The molecule has 0 aromatic heterocycles. The Labute approximate surface area is 143 Å². The average Bonchev–Trinajstić information content (AvgIpc) is 2.57. The number of rotatable bonds is 3. The summed E-state index contributed by atoms with van der Waals surface area (Å²) in [5.74, 6) is 0. The average molecular weight is 449 g/mol. The molecule has 0 radical (unpaired) electrons. The van der Waals surface area contributed by atoms with Crippen LogP contribution in [0.1, 0.15) is 0 Å². The second-order valence-electron chi connectivity index (χ2n) is 6.55. The molecule has 3 rings (SSSR count). The zero-order valence-corrected chi connectivity index (χ0v) is 16.8. The zero-order valence-electron chi connectivity index (χ0n) is 13.2. The van der Waals surface area contributed by atoms with Gasteiger partial charge in [-0.3, -0.25) is 0 Å². The molecule has 0 fully saturated rings. The van der Waals surface area contributed by atoms with Gasteiger partial charge < -0.3 is 0 Å². The second kappa shape index (κ2) is 3.69. The van der Waals surface area contributed by atoms with Crippen molar-refractivity contribution in [2.45, 2.75) is 0 Å². The molecule has 6 heteroatoms. The molecule has 0 amide bonds. The molecule has 0 aliphatic rings. The Balaban J connectivity index is 2.74. The summed E-state index contributed by atoms with van der Waals surface area (Å²) in [6.45, 7) is 0. The van der Waals surface area contributed by atoms with E-state index in [0.717, 1.165) is 0 Å². The summed E-state index contributed by atoms with van der Waals surface area (Å²) in [7, 11) is 3.14. The van der Waals surface area contributed by atoms with Gasteiger partial charge in [-0.05, 0) is 0 Å². The predicted molar refractivity (Wildman–Crippen MR) is 106 cm³/mol. The molecule has 130 valence electrons. The summed E-state index contributed by atoms with van der Waals surface area (Å²) in [5, 5.41) is 0. The molecule has 6 N–H and O–H groups in total. The number of benzene rings is 3. The van der Waals surface area contributed by atoms with E-state index in [-0.39, 0.29) is 0 Å². The molecule has 0 saturated heterocycles. The Kier molecular flexibility index (Phi) is 2.72. The topological polar surface area (TPSA) is 78.1 Å². The van der Waals surface area contributed by atoms with Crippen molar-refractivity contribution in [3.8, 4) is 0 Å². The first-order valence-electron chi connectivity index (χ1n) is 7.21. The third-order valence-electron chi connectivity index (χ3n) is 4.43. The summed E-state index contributed by atoms with van der Waals surface area (Å²) in [6.07, 6.45) is 0. The summed E-state index contributed by atoms with van der Waals surface area (Å²) >= 11 is 0. The minimum atomic E-state index is -7.00. The van der Waals surface area contributed by atoms with E-state index >= 15 is 0 Å². The summed E-state index contributed by atoms with van der Waals surface area (Å²) in [4.78, 5) is 0. The van der Waals surface area contributed by atoms with Crippen molar-refractivity contribution in [3.05, 3.63) is 91.0 Å². The van der Waals surface area contributed by atoms with Crippen LogP contribution in [0.15, 0.2) is 91.0 Å².